The van der Waals surface area contributed by atoms with Crippen LogP contribution >= 0.6 is 11.3 Å². The van der Waals surface area contributed by atoms with Gasteiger partial charge in [0.05, 0.1) is 17.3 Å². The van der Waals surface area contributed by atoms with E-state index in [1.165, 1.54) is 22.6 Å². The number of aliphatic imine (C=N–C) groups is 1. The Morgan fingerprint density at radius 3 is 2.62 bits per heavy atom. The van der Waals surface area contributed by atoms with E-state index in [4.69, 9.17) is 0 Å². The van der Waals surface area contributed by atoms with Gasteiger partial charge in [-0.3, -0.25) is 0 Å². The topological polar surface area (TPSA) is 15.6 Å². The molecule has 0 saturated heterocycles. The lowest BCUT2D eigenvalue weighted by molar-refractivity contribution is -0.137. The Hall–Kier alpha value is -1.82. The van der Waals surface area contributed by atoms with E-state index in [1.54, 1.807) is 11.3 Å². The van der Waals surface area contributed by atoms with Crippen LogP contribution in [-0.4, -0.2) is 17.8 Å². The van der Waals surface area contributed by atoms with Gasteiger partial charge in [-0.25, -0.2) is 4.99 Å². The highest BCUT2D eigenvalue weighted by Gasteiger charge is 2.33. The third-order valence-corrected chi connectivity index (χ3v) is 5.58. The Morgan fingerprint density at radius 2 is 2.04 bits per heavy atom. The van der Waals surface area contributed by atoms with E-state index in [9.17, 15) is 13.2 Å². The van der Waals surface area contributed by atoms with Gasteiger partial charge in [0.15, 0.2) is 0 Å². The Bertz CT molecular complexity index is 777. The average Bonchev–Trinajstić information content (AvgIpc) is 2.89. The molecular weight excluding hydrogens is 333 g/mol. The number of nitrogens with zero attached hydrogens (tertiary/aromatic N) is 2. The van der Waals surface area contributed by atoms with Gasteiger partial charge in [0.25, 0.3) is 0 Å². The van der Waals surface area contributed by atoms with Crippen LogP contribution in [0.1, 0.15) is 41.0 Å². The maximum atomic E-state index is 13.1. The summed E-state index contributed by atoms with van der Waals surface area (Å²) in [5, 5.41) is 2.03. The quantitative estimate of drug-likeness (QED) is 0.672. The number of alkyl halides is 3. The minimum Gasteiger partial charge on any atom is -0.355 e. The first-order valence-corrected chi connectivity index (χ1v) is 8.73. The third-order valence-electron chi connectivity index (χ3n) is 4.46. The van der Waals surface area contributed by atoms with E-state index in [1.807, 2.05) is 26.3 Å². The minimum absolute atomic E-state index is 0.00781. The highest BCUT2D eigenvalue weighted by molar-refractivity contribution is 7.10. The normalized spacial score (nSPS) is 18.2. The van der Waals surface area contributed by atoms with Crippen LogP contribution in [0.3, 0.4) is 0 Å². The predicted octanol–water partition coefficient (Wildman–Crippen LogP) is 5.74. The zero-order valence-electron chi connectivity index (χ0n) is 13.8. The molecule has 2 heterocycles. The third kappa shape index (κ3) is 3.07. The molecule has 0 aliphatic carbocycles. The number of fused-ring (bicyclic) bond motifs is 1. The van der Waals surface area contributed by atoms with Crippen LogP contribution in [0.25, 0.3) is 0 Å². The van der Waals surface area contributed by atoms with Crippen molar-refractivity contribution in [3.8, 4) is 0 Å². The maximum Gasteiger partial charge on any atom is 0.416 e. The molecule has 1 aromatic heterocycles. The lowest BCUT2D eigenvalue weighted by Gasteiger charge is -2.29. The highest BCUT2D eigenvalue weighted by Crippen LogP contribution is 2.39. The number of benzene rings is 1. The molecule has 0 saturated carbocycles. The smallest absolute Gasteiger partial charge is 0.355 e. The van der Waals surface area contributed by atoms with Gasteiger partial charge in [0.1, 0.15) is 5.84 Å². The number of hydrogen-bond donors (Lipinski definition) is 0. The van der Waals surface area contributed by atoms with Crippen molar-refractivity contribution in [1.82, 2.24) is 4.90 Å². The van der Waals surface area contributed by atoms with Crippen LogP contribution in [0.2, 0.25) is 0 Å². The highest BCUT2D eigenvalue weighted by atomic mass is 32.1. The maximum absolute atomic E-state index is 13.1. The molecule has 3 rings (SSSR count). The van der Waals surface area contributed by atoms with Crippen molar-refractivity contribution in [2.24, 2.45) is 4.99 Å². The first-order valence-electron chi connectivity index (χ1n) is 7.85. The van der Waals surface area contributed by atoms with Gasteiger partial charge >= 0.3 is 6.18 Å². The molecule has 0 radical (unpaired) electrons. The van der Waals surface area contributed by atoms with E-state index in [2.05, 4.69) is 16.0 Å². The summed E-state index contributed by atoms with van der Waals surface area (Å²) >= 11 is 1.65. The molecule has 0 N–H and O–H groups in total. The molecule has 0 fully saturated rings. The SMILES string of the molecule is CCC1=Nc2ccc(C(F)(F)F)cc2CC(c2sccc2C)N1C. The van der Waals surface area contributed by atoms with Crippen molar-refractivity contribution in [3.63, 3.8) is 0 Å². The standard InChI is InChI=1S/C18H19F3N2S/c1-4-16-22-14-6-5-13(18(19,20)21)9-12(14)10-15(23(16)3)17-11(2)7-8-24-17/h5-9,15H,4,10H2,1-3H3. The van der Waals surface area contributed by atoms with E-state index >= 15 is 0 Å². The van der Waals surface area contributed by atoms with E-state index in [0.29, 0.717) is 17.7 Å². The van der Waals surface area contributed by atoms with Gasteiger partial charge < -0.3 is 4.90 Å². The molecule has 128 valence electrons. The summed E-state index contributed by atoms with van der Waals surface area (Å²) in [5.74, 6) is 0.895. The first-order chi connectivity index (χ1) is 11.3. The zero-order valence-corrected chi connectivity index (χ0v) is 14.6. The molecule has 0 spiro atoms. The van der Waals surface area contributed by atoms with Crippen molar-refractivity contribution in [3.05, 3.63) is 51.2 Å². The van der Waals surface area contributed by atoms with Crippen molar-refractivity contribution >= 4 is 22.9 Å². The molecule has 0 amide bonds. The molecular formula is C18H19F3N2S. The van der Waals surface area contributed by atoms with Crippen molar-refractivity contribution in [1.29, 1.82) is 0 Å². The molecule has 6 heteroatoms. The molecule has 24 heavy (non-hydrogen) atoms. The van der Waals surface area contributed by atoms with E-state index in [0.717, 1.165) is 18.3 Å². The molecule has 2 nitrogen and oxygen atoms in total. The summed E-state index contributed by atoms with van der Waals surface area (Å²) in [6, 6.07) is 5.92. The number of rotatable bonds is 2. The van der Waals surface area contributed by atoms with Crippen LogP contribution in [0.5, 0.6) is 0 Å². The fourth-order valence-corrected chi connectivity index (χ4v) is 4.17. The summed E-state index contributed by atoms with van der Waals surface area (Å²) < 4.78 is 39.2. The number of hydrogen-bond acceptors (Lipinski definition) is 3. The van der Waals surface area contributed by atoms with Crippen molar-refractivity contribution in [2.45, 2.75) is 38.9 Å². The van der Waals surface area contributed by atoms with Gasteiger partial charge in [-0.2, -0.15) is 13.2 Å². The Morgan fingerprint density at radius 1 is 1.29 bits per heavy atom. The summed E-state index contributed by atoms with van der Waals surface area (Å²) in [6.45, 7) is 4.06. The van der Waals surface area contributed by atoms with Gasteiger partial charge in [-0.05, 0) is 54.1 Å². The number of aryl methyl sites for hydroxylation is 1. The number of amidine groups is 1. The fraction of sp³-hybridized carbons (Fsp3) is 0.389. The lowest BCUT2D eigenvalue weighted by atomic mass is 9.98. The van der Waals surface area contributed by atoms with Crippen LogP contribution in [0, 0.1) is 6.92 Å². The zero-order chi connectivity index (χ0) is 17.5. The van der Waals surface area contributed by atoms with Crippen molar-refractivity contribution in [2.75, 3.05) is 7.05 Å². The second-order valence-electron chi connectivity index (χ2n) is 6.02. The number of likely N-dealkylation sites (N-methyl/N-ethyl adjacent to an activating group) is 1. The number of thiophene rings is 1. The van der Waals surface area contributed by atoms with Crippen LogP contribution in [0.15, 0.2) is 34.6 Å². The first kappa shape index (κ1) is 17.0. The Kier molecular flexibility index (Phi) is 4.42. The summed E-state index contributed by atoms with van der Waals surface area (Å²) in [7, 11) is 1.97. The van der Waals surface area contributed by atoms with E-state index in [-0.39, 0.29) is 6.04 Å². The van der Waals surface area contributed by atoms with Gasteiger partial charge in [0, 0.05) is 18.3 Å². The summed E-state index contributed by atoms with van der Waals surface area (Å²) in [6.07, 6.45) is -3.08. The fourth-order valence-electron chi connectivity index (χ4n) is 3.10. The Balaban J connectivity index is 2.11. The largest absolute Gasteiger partial charge is 0.416 e. The molecule has 2 aromatic rings. The monoisotopic (exact) mass is 352 g/mol. The van der Waals surface area contributed by atoms with E-state index < -0.39 is 11.7 Å². The average molecular weight is 352 g/mol. The van der Waals surface area contributed by atoms with Gasteiger partial charge in [-0.1, -0.05) is 6.92 Å². The molecule has 1 aromatic carbocycles. The van der Waals surface area contributed by atoms with Crippen LogP contribution in [0.4, 0.5) is 18.9 Å². The van der Waals surface area contributed by atoms with Gasteiger partial charge in [0.2, 0.25) is 0 Å². The second-order valence-corrected chi connectivity index (χ2v) is 6.97. The Labute approximate surface area is 143 Å². The lowest BCUT2D eigenvalue weighted by Crippen LogP contribution is -2.30. The predicted molar refractivity (Wildman–Crippen MR) is 92.1 cm³/mol. The number of halogens is 3. The molecule has 1 aliphatic rings. The molecule has 0 bridgehead atoms. The minimum atomic E-state index is -4.33. The van der Waals surface area contributed by atoms with Gasteiger partial charge in [-0.15, -0.1) is 11.3 Å². The molecule has 1 unspecified atom stereocenters. The summed E-state index contributed by atoms with van der Waals surface area (Å²) in [4.78, 5) is 7.92. The van der Waals surface area contributed by atoms with Crippen molar-refractivity contribution < 1.29 is 13.2 Å². The molecule has 1 atom stereocenters. The second kappa shape index (κ2) is 6.24. The van der Waals surface area contributed by atoms with Crippen LogP contribution < -0.4 is 0 Å². The van der Waals surface area contributed by atoms with Crippen LogP contribution in [-0.2, 0) is 12.6 Å². The molecule has 1 aliphatic heterocycles. The summed E-state index contributed by atoms with van der Waals surface area (Å²) in [5.41, 5.74) is 1.85.